The maximum absolute atomic E-state index is 13.4. The summed E-state index contributed by atoms with van der Waals surface area (Å²) >= 11 is 5.90. The summed E-state index contributed by atoms with van der Waals surface area (Å²) in [7, 11) is 1.50. The van der Waals surface area contributed by atoms with Crippen LogP contribution in [-0.2, 0) is 13.0 Å². The second kappa shape index (κ2) is 4.44. The summed E-state index contributed by atoms with van der Waals surface area (Å²) in [5, 5.41) is 1.10. The molecule has 1 aliphatic rings. The first-order valence-electron chi connectivity index (χ1n) is 5.31. The highest BCUT2D eigenvalue weighted by molar-refractivity contribution is 6.35. The van der Waals surface area contributed by atoms with E-state index in [9.17, 15) is 4.39 Å². The van der Waals surface area contributed by atoms with Gasteiger partial charge in [0.2, 0.25) is 0 Å². The molecule has 1 aromatic heterocycles. The largest absolute Gasteiger partial charge is 0.347 e. The quantitative estimate of drug-likeness (QED) is 0.754. The molecule has 1 aliphatic heterocycles. The fraction of sp³-hybridized carbons (Fsp3) is 0.333. The summed E-state index contributed by atoms with van der Waals surface area (Å²) < 4.78 is 15.5. The first kappa shape index (κ1) is 11.4. The third-order valence-electron chi connectivity index (χ3n) is 2.86. The van der Waals surface area contributed by atoms with Crippen molar-refractivity contribution in [3.63, 3.8) is 0 Å². The molecule has 0 radical (unpaired) electrons. The third kappa shape index (κ3) is 1.60. The monoisotopic (exact) mass is 240 g/mol. The maximum Gasteiger partial charge on any atom is 0.142 e. The zero-order chi connectivity index (χ0) is 11.7. The van der Waals surface area contributed by atoms with Crippen molar-refractivity contribution in [1.82, 2.24) is 4.57 Å². The molecule has 0 aliphatic carbocycles. The topological polar surface area (TPSA) is 30.9 Å². The van der Waals surface area contributed by atoms with Crippen molar-refractivity contribution < 1.29 is 4.39 Å². The molecule has 16 heavy (non-hydrogen) atoms. The second-order valence-electron chi connectivity index (χ2n) is 3.71. The Bertz CT molecular complexity index is 519. The normalized spacial score (nSPS) is 13.5. The Morgan fingerprint density at radius 1 is 1.44 bits per heavy atom. The van der Waals surface area contributed by atoms with Gasteiger partial charge in [0.15, 0.2) is 0 Å². The Morgan fingerprint density at radius 3 is 2.94 bits per heavy atom. The van der Waals surface area contributed by atoms with E-state index in [0.29, 0.717) is 0 Å². The van der Waals surface area contributed by atoms with Crippen LogP contribution in [-0.4, -0.2) is 11.6 Å². The smallest absolute Gasteiger partial charge is 0.142 e. The van der Waals surface area contributed by atoms with Crippen LogP contribution in [0.25, 0.3) is 10.9 Å². The van der Waals surface area contributed by atoms with Crippen LogP contribution in [0.3, 0.4) is 0 Å². The van der Waals surface area contributed by atoms with Crippen LogP contribution in [0.15, 0.2) is 18.3 Å². The molecule has 0 fully saturated rings. The first-order chi connectivity index (χ1) is 7.77. The van der Waals surface area contributed by atoms with E-state index in [1.54, 1.807) is 6.07 Å². The van der Waals surface area contributed by atoms with Crippen molar-refractivity contribution in [2.75, 3.05) is 7.05 Å². The summed E-state index contributed by atoms with van der Waals surface area (Å²) in [6.45, 7) is 1.01. The number of nitrogens with zero attached hydrogens (tertiary/aromatic N) is 1. The average Bonchev–Trinajstić information content (AvgIpc) is 2.74. The standard InChI is InChI=1S/C11H9ClFN.CH5N/c12-10-8-3-5-14-4-1-2-7(11(8)14)6-9(10)13;1-2/h3,5-6H,1-2,4H2;2H2,1H3. The average molecular weight is 241 g/mol. The molecule has 0 amide bonds. The van der Waals surface area contributed by atoms with Gasteiger partial charge < -0.3 is 10.3 Å². The molecular formula is C12H14ClFN2. The number of aromatic nitrogens is 1. The summed E-state index contributed by atoms with van der Waals surface area (Å²) in [4.78, 5) is 0. The predicted molar refractivity (Wildman–Crippen MR) is 65.3 cm³/mol. The number of hydrogen-bond donors (Lipinski definition) is 1. The molecule has 2 heterocycles. The van der Waals surface area contributed by atoms with Gasteiger partial charge in [-0.15, -0.1) is 0 Å². The number of aryl methyl sites for hydroxylation is 2. The first-order valence-corrected chi connectivity index (χ1v) is 5.68. The molecule has 2 N–H and O–H groups in total. The molecule has 3 rings (SSSR count). The number of nitrogens with two attached hydrogens (primary N) is 1. The fourth-order valence-corrected chi connectivity index (χ4v) is 2.44. The minimum Gasteiger partial charge on any atom is -0.347 e. The van der Waals surface area contributed by atoms with E-state index in [0.717, 1.165) is 35.9 Å². The van der Waals surface area contributed by atoms with Crippen molar-refractivity contribution in [2.45, 2.75) is 19.4 Å². The lowest BCUT2D eigenvalue weighted by Gasteiger charge is -2.16. The lowest BCUT2D eigenvalue weighted by atomic mass is 10.0. The molecule has 2 nitrogen and oxygen atoms in total. The van der Waals surface area contributed by atoms with Gasteiger partial charge in [-0.05, 0) is 37.6 Å². The lowest BCUT2D eigenvalue weighted by Crippen LogP contribution is -2.06. The molecule has 0 atom stereocenters. The van der Waals surface area contributed by atoms with Crippen LogP contribution in [0.4, 0.5) is 4.39 Å². The SMILES string of the molecule is CN.Fc1cc2c3c(ccn3CCC2)c1Cl. The zero-order valence-corrected chi connectivity index (χ0v) is 9.89. The highest BCUT2D eigenvalue weighted by atomic mass is 35.5. The highest BCUT2D eigenvalue weighted by Crippen LogP contribution is 2.33. The van der Waals surface area contributed by atoms with Gasteiger partial charge in [-0.2, -0.15) is 0 Å². The Balaban J connectivity index is 0.000000457. The van der Waals surface area contributed by atoms with Gasteiger partial charge >= 0.3 is 0 Å². The molecule has 0 unspecified atom stereocenters. The molecule has 4 heteroatoms. The van der Waals surface area contributed by atoms with Crippen LogP contribution in [0.2, 0.25) is 5.02 Å². The van der Waals surface area contributed by atoms with E-state index in [1.807, 2.05) is 12.3 Å². The predicted octanol–water partition coefficient (Wildman–Crippen LogP) is 2.95. The zero-order valence-electron chi connectivity index (χ0n) is 9.13. The molecule has 0 saturated heterocycles. The molecule has 0 saturated carbocycles. The van der Waals surface area contributed by atoms with Gasteiger partial charge in [-0.25, -0.2) is 4.39 Å². The van der Waals surface area contributed by atoms with Crippen LogP contribution < -0.4 is 5.73 Å². The molecule has 86 valence electrons. The van der Waals surface area contributed by atoms with Gasteiger partial charge in [-0.3, -0.25) is 0 Å². The van der Waals surface area contributed by atoms with E-state index in [-0.39, 0.29) is 10.8 Å². The number of rotatable bonds is 0. The second-order valence-corrected chi connectivity index (χ2v) is 4.08. The minimum atomic E-state index is -0.297. The Hall–Kier alpha value is -1.06. The Morgan fingerprint density at radius 2 is 2.19 bits per heavy atom. The fourth-order valence-electron chi connectivity index (χ4n) is 2.24. The molecule has 1 aromatic carbocycles. The maximum atomic E-state index is 13.4. The van der Waals surface area contributed by atoms with Gasteiger partial charge in [0.25, 0.3) is 0 Å². The molecular weight excluding hydrogens is 227 g/mol. The highest BCUT2D eigenvalue weighted by Gasteiger charge is 2.16. The van der Waals surface area contributed by atoms with Gasteiger partial charge in [0.1, 0.15) is 5.82 Å². The lowest BCUT2D eigenvalue weighted by molar-refractivity contribution is 0.611. The van der Waals surface area contributed by atoms with Crippen LogP contribution >= 0.6 is 11.6 Å². The van der Waals surface area contributed by atoms with Crippen LogP contribution in [0.5, 0.6) is 0 Å². The van der Waals surface area contributed by atoms with E-state index >= 15 is 0 Å². The van der Waals surface area contributed by atoms with Crippen molar-refractivity contribution in [3.8, 4) is 0 Å². The van der Waals surface area contributed by atoms with Crippen molar-refractivity contribution in [1.29, 1.82) is 0 Å². The van der Waals surface area contributed by atoms with Crippen molar-refractivity contribution >= 4 is 22.5 Å². The summed E-state index contributed by atoms with van der Waals surface area (Å²) in [5.74, 6) is -0.297. The summed E-state index contributed by atoms with van der Waals surface area (Å²) in [6, 6.07) is 3.47. The van der Waals surface area contributed by atoms with Crippen molar-refractivity contribution in [2.24, 2.45) is 5.73 Å². The summed E-state index contributed by atoms with van der Waals surface area (Å²) in [6.07, 6.45) is 4.02. The van der Waals surface area contributed by atoms with Gasteiger partial charge in [-0.1, -0.05) is 11.6 Å². The number of benzene rings is 1. The van der Waals surface area contributed by atoms with Gasteiger partial charge in [0, 0.05) is 18.1 Å². The molecule has 0 bridgehead atoms. The molecule has 2 aromatic rings. The molecule has 0 spiro atoms. The van der Waals surface area contributed by atoms with E-state index in [1.165, 1.54) is 7.05 Å². The number of halogens is 2. The Labute approximate surface area is 98.8 Å². The summed E-state index contributed by atoms with van der Waals surface area (Å²) in [5.41, 5.74) is 6.70. The van der Waals surface area contributed by atoms with Crippen molar-refractivity contribution in [3.05, 3.63) is 34.7 Å². The Kier molecular flexibility index (Phi) is 3.17. The van der Waals surface area contributed by atoms with Gasteiger partial charge in [0.05, 0.1) is 10.5 Å². The van der Waals surface area contributed by atoms with E-state index in [2.05, 4.69) is 10.3 Å². The van der Waals surface area contributed by atoms with Crippen LogP contribution in [0, 0.1) is 5.82 Å². The van der Waals surface area contributed by atoms with Crippen LogP contribution in [0.1, 0.15) is 12.0 Å². The van der Waals surface area contributed by atoms with E-state index in [4.69, 9.17) is 11.6 Å². The third-order valence-corrected chi connectivity index (χ3v) is 3.24. The number of hydrogen-bond acceptors (Lipinski definition) is 1. The van der Waals surface area contributed by atoms with E-state index < -0.39 is 0 Å². The minimum absolute atomic E-state index is 0.254.